The van der Waals surface area contributed by atoms with Crippen LogP contribution in [0.5, 0.6) is 0 Å². The highest BCUT2D eigenvalue weighted by atomic mass is 15.4. The minimum atomic E-state index is 0.306. The number of fused-ring (bicyclic) bond motifs is 1. The molecule has 1 saturated heterocycles. The Labute approximate surface area is 163 Å². The van der Waals surface area contributed by atoms with Gasteiger partial charge in [0.25, 0.3) is 0 Å². The van der Waals surface area contributed by atoms with Crippen molar-refractivity contribution in [2.45, 2.75) is 12.5 Å². The zero-order valence-corrected chi connectivity index (χ0v) is 16.3. The molecule has 0 spiro atoms. The van der Waals surface area contributed by atoms with Gasteiger partial charge in [-0.25, -0.2) is 15.0 Å². The van der Waals surface area contributed by atoms with Gasteiger partial charge in [-0.1, -0.05) is 0 Å². The fourth-order valence-electron chi connectivity index (χ4n) is 3.50. The minimum Gasteiger partial charge on any atom is -0.396 e. The number of likely N-dealkylation sites (N-methyl/N-ethyl adjacent to an activating group) is 1. The molecule has 0 aromatic carbocycles. The molecule has 0 bridgehead atoms. The van der Waals surface area contributed by atoms with E-state index in [-0.39, 0.29) is 0 Å². The summed E-state index contributed by atoms with van der Waals surface area (Å²) in [5.74, 6) is 1.43. The Morgan fingerprint density at radius 3 is 2.79 bits per heavy atom. The fraction of sp³-hybridized carbons (Fsp3) is 0.389. The summed E-state index contributed by atoms with van der Waals surface area (Å²) in [6, 6.07) is 2.16. The van der Waals surface area contributed by atoms with Crippen molar-refractivity contribution in [2.75, 3.05) is 40.0 Å². The first kappa shape index (κ1) is 18.1. The van der Waals surface area contributed by atoms with Crippen LogP contribution in [0.2, 0.25) is 0 Å². The smallest absolute Gasteiger partial charge is 0.183 e. The lowest BCUT2D eigenvalue weighted by Crippen LogP contribution is -2.47. The van der Waals surface area contributed by atoms with Gasteiger partial charge in [0, 0.05) is 19.2 Å². The average molecular weight is 381 g/mol. The quantitative estimate of drug-likeness (QED) is 0.647. The van der Waals surface area contributed by atoms with E-state index in [2.05, 4.69) is 46.1 Å². The number of nitrogens with two attached hydrogens (primary N) is 2. The number of nitrogens with one attached hydrogen (secondary N) is 1. The second-order valence-corrected chi connectivity index (χ2v) is 8.02. The lowest BCUT2D eigenvalue weighted by molar-refractivity contribution is -0.893. The molecule has 2 aromatic rings. The molecule has 10 nitrogen and oxygen atoms in total. The SMILES string of the molecule is C[N+](C)(C)C1CCN(C2=N/C(=N\c3cnn4c(N)ccnc34)C(N)=CC2=N)C1. The zero-order chi connectivity index (χ0) is 20.1. The maximum atomic E-state index is 8.33. The van der Waals surface area contributed by atoms with Gasteiger partial charge in [0.1, 0.15) is 17.5 Å². The topological polar surface area (TPSA) is 134 Å². The molecule has 146 valence electrons. The maximum absolute atomic E-state index is 8.33. The van der Waals surface area contributed by atoms with Crippen LogP contribution in [-0.4, -0.2) is 81.6 Å². The van der Waals surface area contributed by atoms with Gasteiger partial charge in [-0.2, -0.15) is 9.61 Å². The van der Waals surface area contributed by atoms with Crippen LogP contribution in [0, 0.1) is 5.41 Å². The van der Waals surface area contributed by atoms with Crippen molar-refractivity contribution in [1.82, 2.24) is 19.5 Å². The minimum absolute atomic E-state index is 0.306. The van der Waals surface area contributed by atoms with Crippen molar-refractivity contribution in [3.05, 3.63) is 30.2 Å². The molecule has 1 atom stereocenters. The summed E-state index contributed by atoms with van der Waals surface area (Å²) in [6.07, 6.45) is 5.85. The molecule has 4 heterocycles. The highest BCUT2D eigenvalue weighted by Gasteiger charge is 2.35. The summed E-state index contributed by atoms with van der Waals surface area (Å²) in [7, 11) is 6.57. The molecule has 10 heteroatoms. The second-order valence-electron chi connectivity index (χ2n) is 8.02. The van der Waals surface area contributed by atoms with E-state index in [1.54, 1.807) is 24.5 Å². The van der Waals surface area contributed by atoms with E-state index < -0.39 is 0 Å². The molecule has 0 radical (unpaired) electrons. The zero-order valence-electron chi connectivity index (χ0n) is 16.3. The molecular weight excluding hydrogens is 356 g/mol. The van der Waals surface area contributed by atoms with E-state index in [0.717, 1.165) is 24.0 Å². The monoisotopic (exact) mass is 381 g/mol. The average Bonchev–Trinajstić information content (AvgIpc) is 3.25. The summed E-state index contributed by atoms with van der Waals surface area (Å²) in [5, 5.41) is 12.5. The maximum Gasteiger partial charge on any atom is 0.183 e. The first-order valence-electron chi connectivity index (χ1n) is 9.12. The summed E-state index contributed by atoms with van der Waals surface area (Å²) in [4.78, 5) is 15.6. The molecule has 2 aliphatic rings. The van der Waals surface area contributed by atoms with Crippen molar-refractivity contribution in [2.24, 2.45) is 15.7 Å². The largest absolute Gasteiger partial charge is 0.396 e. The molecular formula is C18H25N10+. The van der Waals surface area contributed by atoms with Crippen molar-refractivity contribution in [3.63, 3.8) is 0 Å². The van der Waals surface area contributed by atoms with E-state index >= 15 is 0 Å². The number of likely N-dealkylation sites (tertiary alicyclic amines) is 1. The van der Waals surface area contributed by atoms with Gasteiger partial charge in [-0.05, 0) is 12.1 Å². The number of nitrogen functional groups attached to an aromatic ring is 1. The van der Waals surface area contributed by atoms with Gasteiger partial charge in [-0.15, -0.1) is 0 Å². The number of quaternary nitrogens is 1. The Bertz CT molecular complexity index is 1040. The Kier molecular flexibility index (Phi) is 4.15. The number of aromatic nitrogens is 3. The van der Waals surface area contributed by atoms with Gasteiger partial charge < -0.3 is 20.9 Å². The Morgan fingerprint density at radius 2 is 2.07 bits per heavy atom. The van der Waals surface area contributed by atoms with Crippen molar-refractivity contribution >= 4 is 34.5 Å². The van der Waals surface area contributed by atoms with Crippen molar-refractivity contribution in [3.8, 4) is 0 Å². The molecule has 1 fully saturated rings. The van der Waals surface area contributed by atoms with Gasteiger partial charge in [0.15, 0.2) is 17.3 Å². The van der Waals surface area contributed by atoms with Gasteiger partial charge in [-0.3, -0.25) is 5.41 Å². The summed E-state index contributed by atoms with van der Waals surface area (Å²) in [6.45, 7) is 1.71. The van der Waals surface area contributed by atoms with Gasteiger partial charge in [0.05, 0.1) is 45.3 Å². The highest BCUT2D eigenvalue weighted by Crippen LogP contribution is 2.23. The van der Waals surface area contributed by atoms with Crippen LogP contribution in [0.3, 0.4) is 0 Å². The third-order valence-electron chi connectivity index (χ3n) is 5.21. The molecule has 2 aliphatic heterocycles. The number of amidine groups is 2. The number of dihydropyridines is 1. The normalized spacial score (nSPS) is 22.1. The number of rotatable bonds is 2. The standard InChI is InChI=1S/C18H25N10/c1-28(2,3)11-5-7-26(10-11)17-13(20)8-12(19)16(25-17)24-14-9-23-27-15(21)4-6-22-18(14)27/h4,6,8-9,11,20H,5,7,10,19,21H2,1-3H3/q+1/b20-13?,24-16-. The second kappa shape index (κ2) is 6.41. The predicted molar refractivity (Wildman–Crippen MR) is 110 cm³/mol. The molecule has 0 amide bonds. The summed E-state index contributed by atoms with van der Waals surface area (Å²) in [5.41, 5.74) is 13.7. The van der Waals surface area contributed by atoms with E-state index in [9.17, 15) is 0 Å². The van der Waals surface area contributed by atoms with E-state index in [4.69, 9.17) is 16.9 Å². The molecule has 4 rings (SSSR count). The van der Waals surface area contributed by atoms with Crippen molar-refractivity contribution in [1.29, 1.82) is 5.41 Å². The number of nitrogens with zero attached hydrogens (tertiary/aromatic N) is 7. The van der Waals surface area contributed by atoms with Gasteiger partial charge in [0.2, 0.25) is 0 Å². The van der Waals surface area contributed by atoms with Crippen LogP contribution in [0.4, 0.5) is 11.5 Å². The van der Waals surface area contributed by atoms with Crippen LogP contribution < -0.4 is 11.5 Å². The highest BCUT2D eigenvalue weighted by molar-refractivity contribution is 6.48. The first-order chi connectivity index (χ1) is 13.2. The molecule has 28 heavy (non-hydrogen) atoms. The number of hydrogen-bond donors (Lipinski definition) is 3. The third kappa shape index (κ3) is 3.11. The van der Waals surface area contributed by atoms with E-state index in [1.807, 2.05) is 0 Å². The molecule has 1 unspecified atom stereocenters. The lowest BCUT2D eigenvalue weighted by Gasteiger charge is -2.31. The van der Waals surface area contributed by atoms with Crippen LogP contribution in [-0.2, 0) is 0 Å². The summed E-state index contributed by atoms with van der Waals surface area (Å²) >= 11 is 0. The Hall–Kier alpha value is -3.27. The van der Waals surface area contributed by atoms with Crippen LogP contribution >= 0.6 is 0 Å². The van der Waals surface area contributed by atoms with Crippen LogP contribution in [0.1, 0.15) is 6.42 Å². The van der Waals surface area contributed by atoms with E-state index in [1.165, 1.54) is 4.52 Å². The van der Waals surface area contributed by atoms with Crippen LogP contribution in [0.25, 0.3) is 5.65 Å². The molecule has 5 N–H and O–H groups in total. The third-order valence-corrected chi connectivity index (χ3v) is 5.21. The molecule has 0 saturated carbocycles. The predicted octanol–water partition coefficient (Wildman–Crippen LogP) is 0.396. The number of hydrogen-bond acceptors (Lipinski definition) is 7. The summed E-state index contributed by atoms with van der Waals surface area (Å²) < 4.78 is 2.40. The number of aliphatic imine (C=N–C) groups is 2. The Morgan fingerprint density at radius 1 is 1.29 bits per heavy atom. The first-order valence-corrected chi connectivity index (χ1v) is 9.12. The van der Waals surface area contributed by atoms with Crippen LogP contribution in [0.15, 0.2) is 40.2 Å². The molecule has 2 aromatic heterocycles. The lowest BCUT2D eigenvalue weighted by atomic mass is 10.2. The molecule has 0 aliphatic carbocycles. The van der Waals surface area contributed by atoms with Crippen molar-refractivity contribution < 1.29 is 4.48 Å². The fourth-order valence-corrected chi connectivity index (χ4v) is 3.50. The Balaban J connectivity index is 1.69. The van der Waals surface area contributed by atoms with E-state index in [0.29, 0.717) is 46.3 Å². The van der Waals surface area contributed by atoms with Gasteiger partial charge >= 0.3 is 0 Å². The number of anilines is 1.